The Morgan fingerprint density at radius 3 is 2.65 bits per heavy atom. The lowest BCUT2D eigenvalue weighted by Crippen LogP contribution is -2.35. The van der Waals surface area contributed by atoms with Crippen molar-refractivity contribution in [1.82, 2.24) is 19.9 Å². The van der Waals surface area contributed by atoms with Gasteiger partial charge in [0.15, 0.2) is 0 Å². The lowest BCUT2D eigenvalue weighted by atomic mass is 9.98. The average molecular weight is 271 g/mol. The van der Waals surface area contributed by atoms with Gasteiger partial charge in [-0.3, -0.25) is 0 Å². The summed E-state index contributed by atoms with van der Waals surface area (Å²) in [5.41, 5.74) is 2.15. The van der Waals surface area contributed by atoms with E-state index in [1.165, 1.54) is 25.9 Å². The number of anilines is 1. The molecule has 1 aromatic carbocycles. The summed E-state index contributed by atoms with van der Waals surface area (Å²) in [4.78, 5) is 4.04. The number of hydrogen-bond donors (Lipinski definition) is 1. The average Bonchev–Trinajstić information content (AvgIpc) is 3.00. The molecular weight excluding hydrogens is 250 g/mol. The maximum atomic E-state index is 4.12. The SMILES string of the molecule is CN1CCCC(CNc2ccc(-n3nccn3)cc2)C1. The van der Waals surface area contributed by atoms with E-state index in [0.29, 0.717) is 0 Å². The summed E-state index contributed by atoms with van der Waals surface area (Å²) in [6.07, 6.45) is 6.01. The number of nitrogens with zero attached hydrogens (tertiary/aromatic N) is 4. The largest absolute Gasteiger partial charge is 0.385 e. The Morgan fingerprint density at radius 2 is 1.95 bits per heavy atom. The summed E-state index contributed by atoms with van der Waals surface area (Å²) in [6.45, 7) is 3.48. The molecule has 1 aliphatic rings. The van der Waals surface area contributed by atoms with Crippen molar-refractivity contribution in [2.45, 2.75) is 12.8 Å². The Labute approximate surface area is 119 Å². The molecule has 0 spiro atoms. The van der Waals surface area contributed by atoms with Crippen LogP contribution in [0.15, 0.2) is 36.7 Å². The number of piperidine rings is 1. The smallest absolute Gasteiger partial charge is 0.0858 e. The Morgan fingerprint density at radius 1 is 1.20 bits per heavy atom. The van der Waals surface area contributed by atoms with Crippen LogP contribution in [-0.2, 0) is 0 Å². The van der Waals surface area contributed by atoms with Crippen LogP contribution in [0.3, 0.4) is 0 Å². The summed E-state index contributed by atoms with van der Waals surface area (Å²) < 4.78 is 0. The second-order valence-electron chi connectivity index (χ2n) is 5.52. The van der Waals surface area contributed by atoms with Crippen molar-refractivity contribution in [3.63, 3.8) is 0 Å². The van der Waals surface area contributed by atoms with E-state index in [2.05, 4.69) is 39.6 Å². The third-order valence-corrected chi connectivity index (χ3v) is 3.83. The van der Waals surface area contributed by atoms with Crippen LogP contribution >= 0.6 is 0 Å². The minimum Gasteiger partial charge on any atom is -0.385 e. The molecule has 2 aromatic rings. The van der Waals surface area contributed by atoms with Gasteiger partial charge in [0.2, 0.25) is 0 Å². The molecule has 1 aliphatic heterocycles. The Bertz CT molecular complexity index is 520. The Balaban J connectivity index is 1.56. The first kappa shape index (κ1) is 13.1. The highest BCUT2D eigenvalue weighted by Crippen LogP contribution is 2.17. The summed E-state index contributed by atoms with van der Waals surface area (Å²) in [7, 11) is 2.21. The normalized spacial score (nSPS) is 19.9. The third kappa shape index (κ3) is 3.17. The molecule has 1 saturated heterocycles. The number of likely N-dealkylation sites (tertiary alicyclic amines) is 1. The molecule has 5 heteroatoms. The highest BCUT2D eigenvalue weighted by molar-refractivity contribution is 5.48. The molecule has 1 unspecified atom stereocenters. The molecule has 3 rings (SSSR count). The highest BCUT2D eigenvalue weighted by atomic mass is 15.5. The predicted octanol–water partition coefficient (Wildman–Crippen LogP) is 2.02. The van der Waals surface area contributed by atoms with Crippen molar-refractivity contribution in [2.24, 2.45) is 5.92 Å². The van der Waals surface area contributed by atoms with E-state index < -0.39 is 0 Å². The van der Waals surface area contributed by atoms with Gasteiger partial charge in [0.25, 0.3) is 0 Å². The molecule has 0 radical (unpaired) electrons. The highest BCUT2D eigenvalue weighted by Gasteiger charge is 2.16. The molecule has 0 amide bonds. The van der Waals surface area contributed by atoms with Gasteiger partial charge in [0.1, 0.15) is 0 Å². The first-order chi connectivity index (χ1) is 9.81. The maximum absolute atomic E-state index is 4.12. The van der Waals surface area contributed by atoms with Crippen LogP contribution in [0.25, 0.3) is 5.69 Å². The van der Waals surface area contributed by atoms with E-state index in [1.54, 1.807) is 17.2 Å². The Kier molecular flexibility index (Phi) is 3.97. The molecule has 0 aliphatic carbocycles. The van der Waals surface area contributed by atoms with Crippen LogP contribution in [0.1, 0.15) is 12.8 Å². The summed E-state index contributed by atoms with van der Waals surface area (Å²) in [5, 5.41) is 11.8. The summed E-state index contributed by atoms with van der Waals surface area (Å²) >= 11 is 0. The zero-order chi connectivity index (χ0) is 13.8. The van der Waals surface area contributed by atoms with E-state index in [1.807, 2.05) is 12.1 Å². The van der Waals surface area contributed by atoms with Gasteiger partial charge in [-0.05, 0) is 56.6 Å². The first-order valence-electron chi connectivity index (χ1n) is 7.20. The second kappa shape index (κ2) is 6.05. The quantitative estimate of drug-likeness (QED) is 0.924. The van der Waals surface area contributed by atoms with Gasteiger partial charge < -0.3 is 10.2 Å². The number of hydrogen-bond acceptors (Lipinski definition) is 4. The van der Waals surface area contributed by atoms with E-state index in [0.717, 1.165) is 23.8 Å². The van der Waals surface area contributed by atoms with Crippen LogP contribution in [0.4, 0.5) is 5.69 Å². The molecule has 20 heavy (non-hydrogen) atoms. The molecule has 2 heterocycles. The number of rotatable bonds is 4. The maximum Gasteiger partial charge on any atom is 0.0858 e. The topological polar surface area (TPSA) is 46.0 Å². The van der Waals surface area contributed by atoms with Crippen molar-refractivity contribution in [3.05, 3.63) is 36.7 Å². The molecule has 106 valence electrons. The lowest BCUT2D eigenvalue weighted by Gasteiger charge is -2.29. The van der Waals surface area contributed by atoms with Gasteiger partial charge in [-0.1, -0.05) is 0 Å². The fraction of sp³-hybridized carbons (Fsp3) is 0.467. The fourth-order valence-electron chi connectivity index (χ4n) is 2.76. The summed E-state index contributed by atoms with van der Waals surface area (Å²) in [5.74, 6) is 0.751. The third-order valence-electron chi connectivity index (χ3n) is 3.83. The van der Waals surface area contributed by atoms with Gasteiger partial charge in [-0.15, -0.1) is 0 Å². The minimum atomic E-state index is 0.751. The molecule has 1 N–H and O–H groups in total. The van der Waals surface area contributed by atoms with Crippen molar-refractivity contribution >= 4 is 5.69 Å². The van der Waals surface area contributed by atoms with Crippen LogP contribution in [0.2, 0.25) is 0 Å². The lowest BCUT2D eigenvalue weighted by molar-refractivity contribution is 0.217. The molecular formula is C15H21N5. The number of aromatic nitrogens is 3. The zero-order valence-corrected chi connectivity index (χ0v) is 11.9. The molecule has 1 atom stereocenters. The first-order valence-corrected chi connectivity index (χ1v) is 7.20. The van der Waals surface area contributed by atoms with Gasteiger partial charge in [0.05, 0.1) is 18.1 Å². The van der Waals surface area contributed by atoms with Crippen molar-refractivity contribution < 1.29 is 0 Å². The van der Waals surface area contributed by atoms with Gasteiger partial charge >= 0.3 is 0 Å². The van der Waals surface area contributed by atoms with Gasteiger partial charge in [-0.2, -0.15) is 15.0 Å². The molecule has 1 fully saturated rings. The zero-order valence-electron chi connectivity index (χ0n) is 11.9. The molecule has 5 nitrogen and oxygen atoms in total. The van der Waals surface area contributed by atoms with Crippen LogP contribution in [0.5, 0.6) is 0 Å². The van der Waals surface area contributed by atoms with E-state index in [4.69, 9.17) is 0 Å². The van der Waals surface area contributed by atoms with Crippen molar-refractivity contribution in [2.75, 3.05) is 32.0 Å². The molecule has 0 saturated carbocycles. The van der Waals surface area contributed by atoms with Crippen LogP contribution in [0, 0.1) is 5.92 Å². The van der Waals surface area contributed by atoms with Gasteiger partial charge in [0, 0.05) is 18.8 Å². The van der Waals surface area contributed by atoms with Gasteiger partial charge in [-0.25, -0.2) is 0 Å². The van der Waals surface area contributed by atoms with E-state index in [-0.39, 0.29) is 0 Å². The number of benzene rings is 1. The van der Waals surface area contributed by atoms with E-state index in [9.17, 15) is 0 Å². The fourth-order valence-corrected chi connectivity index (χ4v) is 2.76. The van der Waals surface area contributed by atoms with Crippen molar-refractivity contribution in [1.29, 1.82) is 0 Å². The molecule has 1 aromatic heterocycles. The van der Waals surface area contributed by atoms with Crippen molar-refractivity contribution in [3.8, 4) is 5.69 Å². The monoisotopic (exact) mass is 271 g/mol. The standard InChI is InChI=1S/C15H21N5/c1-19-10-2-3-13(12-19)11-16-14-4-6-15(7-5-14)20-17-8-9-18-20/h4-9,13,16H,2-3,10-12H2,1H3. The number of nitrogens with one attached hydrogen (secondary N) is 1. The van der Waals surface area contributed by atoms with E-state index >= 15 is 0 Å². The Hall–Kier alpha value is -1.88. The summed E-state index contributed by atoms with van der Waals surface area (Å²) in [6, 6.07) is 8.25. The molecule has 0 bridgehead atoms. The van der Waals surface area contributed by atoms with Crippen LogP contribution < -0.4 is 5.32 Å². The van der Waals surface area contributed by atoms with Crippen LogP contribution in [-0.4, -0.2) is 46.6 Å². The predicted molar refractivity (Wildman–Crippen MR) is 80.1 cm³/mol. The minimum absolute atomic E-state index is 0.751. The second-order valence-corrected chi connectivity index (χ2v) is 5.52.